The lowest BCUT2D eigenvalue weighted by atomic mass is 10.1. The summed E-state index contributed by atoms with van der Waals surface area (Å²) in [6.07, 6.45) is 2.13. The highest BCUT2D eigenvalue weighted by Crippen LogP contribution is 2.31. The van der Waals surface area contributed by atoms with Gasteiger partial charge in [-0.2, -0.15) is 0 Å². The zero-order chi connectivity index (χ0) is 14.4. The van der Waals surface area contributed by atoms with Crippen LogP contribution in [-0.2, 0) is 0 Å². The molecule has 0 radical (unpaired) electrons. The van der Waals surface area contributed by atoms with E-state index >= 15 is 0 Å². The highest BCUT2D eigenvalue weighted by molar-refractivity contribution is 7.98. The molecule has 2 nitrogen and oxygen atoms in total. The van der Waals surface area contributed by atoms with Gasteiger partial charge in [-0.1, -0.05) is 38.1 Å². The number of nitrogens with zero attached hydrogens (tertiary/aromatic N) is 1. The zero-order valence-electron chi connectivity index (χ0n) is 12.6. The van der Waals surface area contributed by atoms with Crippen LogP contribution in [0.1, 0.15) is 13.8 Å². The molecule has 0 aliphatic rings. The highest BCUT2D eigenvalue weighted by atomic mass is 32.2. The van der Waals surface area contributed by atoms with Gasteiger partial charge in [0, 0.05) is 29.1 Å². The highest BCUT2D eigenvalue weighted by Gasteiger charge is 2.05. The number of rotatable bonds is 7. The van der Waals surface area contributed by atoms with E-state index in [1.54, 1.807) is 11.8 Å². The van der Waals surface area contributed by atoms with E-state index < -0.39 is 0 Å². The fourth-order valence-electron chi connectivity index (χ4n) is 2.49. The molecule has 0 aliphatic carbocycles. The molecule has 0 heterocycles. The number of hydrogen-bond donors (Lipinski definition) is 1. The van der Waals surface area contributed by atoms with E-state index in [2.05, 4.69) is 66.7 Å². The summed E-state index contributed by atoms with van der Waals surface area (Å²) in [5, 5.41) is 6.25. The third kappa shape index (κ3) is 3.47. The monoisotopic (exact) mass is 288 g/mol. The number of benzene rings is 2. The van der Waals surface area contributed by atoms with Crippen LogP contribution in [0, 0.1) is 0 Å². The predicted molar refractivity (Wildman–Crippen MR) is 92.0 cm³/mol. The molecule has 0 saturated carbocycles. The SMILES string of the molecule is CCN(CC)CCNc1ccc(SC)c2ccccc12. The maximum absolute atomic E-state index is 3.59. The van der Waals surface area contributed by atoms with Crippen molar-refractivity contribution >= 4 is 28.2 Å². The smallest absolute Gasteiger partial charge is 0.0421 e. The Bertz CT molecular complexity index is 550. The van der Waals surface area contributed by atoms with Crippen molar-refractivity contribution in [2.75, 3.05) is 37.8 Å². The lowest BCUT2D eigenvalue weighted by Gasteiger charge is -2.19. The Balaban J connectivity index is 2.15. The average Bonchev–Trinajstić information content (AvgIpc) is 2.51. The van der Waals surface area contributed by atoms with Gasteiger partial charge in [-0.25, -0.2) is 0 Å². The summed E-state index contributed by atoms with van der Waals surface area (Å²) in [6.45, 7) is 8.74. The van der Waals surface area contributed by atoms with E-state index in [1.165, 1.54) is 21.4 Å². The molecule has 0 aliphatic heterocycles. The molecule has 3 heteroatoms. The third-order valence-electron chi connectivity index (χ3n) is 3.74. The summed E-state index contributed by atoms with van der Waals surface area (Å²) in [4.78, 5) is 3.78. The van der Waals surface area contributed by atoms with Crippen LogP contribution < -0.4 is 5.32 Å². The van der Waals surface area contributed by atoms with Crippen LogP contribution in [0.4, 0.5) is 5.69 Å². The Labute approximate surface area is 126 Å². The largest absolute Gasteiger partial charge is 0.383 e. The lowest BCUT2D eigenvalue weighted by Crippen LogP contribution is -2.28. The number of fused-ring (bicyclic) bond motifs is 1. The molecule has 1 N–H and O–H groups in total. The molecule has 0 fully saturated rings. The topological polar surface area (TPSA) is 15.3 Å². The zero-order valence-corrected chi connectivity index (χ0v) is 13.5. The molecule has 0 amide bonds. The Morgan fingerprint density at radius 1 is 1.00 bits per heavy atom. The molecule has 0 bridgehead atoms. The van der Waals surface area contributed by atoms with E-state index in [1.807, 2.05) is 0 Å². The van der Waals surface area contributed by atoms with Crippen LogP contribution in [0.2, 0.25) is 0 Å². The van der Waals surface area contributed by atoms with Crippen LogP contribution in [0.25, 0.3) is 10.8 Å². The molecular formula is C17H24N2S. The van der Waals surface area contributed by atoms with Gasteiger partial charge in [-0.05, 0) is 36.9 Å². The Morgan fingerprint density at radius 2 is 1.70 bits per heavy atom. The maximum atomic E-state index is 3.59. The number of hydrogen-bond acceptors (Lipinski definition) is 3. The fraction of sp³-hybridized carbons (Fsp3) is 0.412. The van der Waals surface area contributed by atoms with Crippen molar-refractivity contribution < 1.29 is 0 Å². The third-order valence-corrected chi connectivity index (χ3v) is 4.54. The van der Waals surface area contributed by atoms with Gasteiger partial charge in [0.15, 0.2) is 0 Å². The van der Waals surface area contributed by atoms with E-state index in [9.17, 15) is 0 Å². The molecule has 0 saturated heterocycles. The first-order valence-corrected chi connectivity index (χ1v) is 8.54. The van der Waals surface area contributed by atoms with E-state index in [0.29, 0.717) is 0 Å². The van der Waals surface area contributed by atoms with Gasteiger partial charge in [0.2, 0.25) is 0 Å². The minimum Gasteiger partial charge on any atom is -0.383 e. The second kappa shape index (κ2) is 7.55. The maximum Gasteiger partial charge on any atom is 0.0421 e. The Hall–Kier alpha value is -1.19. The van der Waals surface area contributed by atoms with Crippen molar-refractivity contribution in [3.05, 3.63) is 36.4 Å². The minimum absolute atomic E-state index is 0.990. The number of likely N-dealkylation sites (N-methyl/N-ethyl adjacent to an activating group) is 1. The van der Waals surface area contributed by atoms with Crippen LogP contribution >= 0.6 is 11.8 Å². The van der Waals surface area contributed by atoms with Gasteiger partial charge in [-0.15, -0.1) is 11.8 Å². The average molecular weight is 288 g/mol. The first-order valence-electron chi connectivity index (χ1n) is 7.32. The summed E-state index contributed by atoms with van der Waals surface area (Å²) in [5.74, 6) is 0. The van der Waals surface area contributed by atoms with Gasteiger partial charge in [0.1, 0.15) is 0 Å². The number of anilines is 1. The van der Waals surface area contributed by atoms with Gasteiger partial charge >= 0.3 is 0 Å². The molecule has 20 heavy (non-hydrogen) atoms. The molecule has 2 rings (SSSR count). The molecule has 2 aromatic carbocycles. The van der Waals surface area contributed by atoms with Crippen molar-refractivity contribution in [1.29, 1.82) is 0 Å². The minimum atomic E-state index is 0.990. The standard InChI is InChI=1S/C17H24N2S/c1-4-19(5-2)13-12-18-16-10-11-17(20-3)15-9-7-6-8-14(15)16/h6-11,18H,4-5,12-13H2,1-3H3. The molecule has 0 spiro atoms. The summed E-state index contributed by atoms with van der Waals surface area (Å²) >= 11 is 1.81. The fourth-order valence-corrected chi connectivity index (χ4v) is 3.09. The second-order valence-corrected chi connectivity index (χ2v) is 5.66. The summed E-state index contributed by atoms with van der Waals surface area (Å²) in [7, 11) is 0. The quantitative estimate of drug-likeness (QED) is 0.764. The predicted octanol–water partition coefficient (Wildman–Crippen LogP) is 4.32. The van der Waals surface area contributed by atoms with Gasteiger partial charge in [0.05, 0.1) is 0 Å². The first-order chi connectivity index (χ1) is 9.80. The Kier molecular flexibility index (Phi) is 5.74. The van der Waals surface area contributed by atoms with Crippen LogP contribution in [0.3, 0.4) is 0 Å². The van der Waals surface area contributed by atoms with Crippen molar-refractivity contribution in [3.8, 4) is 0 Å². The van der Waals surface area contributed by atoms with E-state index in [4.69, 9.17) is 0 Å². The van der Waals surface area contributed by atoms with Crippen molar-refractivity contribution in [2.45, 2.75) is 18.7 Å². The van der Waals surface area contributed by atoms with Crippen molar-refractivity contribution in [3.63, 3.8) is 0 Å². The van der Waals surface area contributed by atoms with Gasteiger partial charge < -0.3 is 10.2 Å². The summed E-state index contributed by atoms with van der Waals surface area (Å²) < 4.78 is 0. The summed E-state index contributed by atoms with van der Waals surface area (Å²) in [6, 6.07) is 13.1. The van der Waals surface area contributed by atoms with E-state index in [-0.39, 0.29) is 0 Å². The Morgan fingerprint density at radius 3 is 2.35 bits per heavy atom. The molecule has 0 unspecified atom stereocenters. The van der Waals surface area contributed by atoms with Crippen molar-refractivity contribution in [2.24, 2.45) is 0 Å². The normalized spacial score (nSPS) is 11.2. The van der Waals surface area contributed by atoms with Crippen molar-refractivity contribution in [1.82, 2.24) is 4.90 Å². The molecule has 2 aromatic rings. The summed E-state index contributed by atoms with van der Waals surface area (Å²) in [5.41, 5.74) is 1.24. The number of nitrogens with one attached hydrogen (secondary N) is 1. The van der Waals surface area contributed by atoms with E-state index in [0.717, 1.165) is 26.2 Å². The first kappa shape index (κ1) is 15.2. The molecule has 108 valence electrons. The molecule has 0 atom stereocenters. The molecule has 0 aromatic heterocycles. The second-order valence-electron chi connectivity index (χ2n) is 4.81. The number of thioether (sulfide) groups is 1. The van der Waals surface area contributed by atoms with Crippen LogP contribution in [0.15, 0.2) is 41.3 Å². The molecular weight excluding hydrogens is 264 g/mol. The van der Waals surface area contributed by atoms with Gasteiger partial charge in [0.25, 0.3) is 0 Å². The van der Waals surface area contributed by atoms with Crippen LogP contribution in [0.5, 0.6) is 0 Å². The van der Waals surface area contributed by atoms with Crippen LogP contribution in [-0.4, -0.2) is 37.3 Å². The van der Waals surface area contributed by atoms with Gasteiger partial charge in [-0.3, -0.25) is 0 Å². The lowest BCUT2D eigenvalue weighted by molar-refractivity contribution is 0.316.